The number of alkyl halides is 2. The normalized spacial score (nSPS) is 12.6. The summed E-state index contributed by atoms with van der Waals surface area (Å²) in [5, 5.41) is 8.44. The molecule has 0 aromatic heterocycles. The van der Waals surface area contributed by atoms with Crippen molar-refractivity contribution in [1.29, 1.82) is 0 Å². The molecule has 0 amide bonds. The van der Waals surface area contributed by atoms with Crippen LogP contribution < -0.4 is 0 Å². The Hall–Kier alpha value is -1.20. The second-order valence-corrected chi connectivity index (χ2v) is 2.38. The molecule has 1 unspecified atom stereocenters. The minimum Gasteiger partial charge on any atom is -0.481 e. The van der Waals surface area contributed by atoms with Crippen molar-refractivity contribution in [2.24, 2.45) is 5.92 Å². The van der Waals surface area contributed by atoms with E-state index in [1.807, 2.05) is 0 Å². The summed E-state index contributed by atoms with van der Waals surface area (Å²) in [5.74, 6) is -3.92. The van der Waals surface area contributed by atoms with Crippen LogP contribution in [0.15, 0.2) is 0 Å². The lowest BCUT2D eigenvalue weighted by Gasteiger charge is -2.08. The molecule has 76 valence electrons. The Labute approximate surface area is 73.5 Å². The molecule has 0 aromatic carbocycles. The fourth-order valence-electron chi connectivity index (χ4n) is 0.777. The molecule has 0 aromatic rings. The maximum Gasteiger partial charge on any atom is 0.320 e. The third kappa shape index (κ3) is 4.39. The maximum absolute atomic E-state index is 11.7. The summed E-state index contributed by atoms with van der Waals surface area (Å²) in [4.78, 5) is 21.1. The van der Waals surface area contributed by atoms with Gasteiger partial charge in [0, 0.05) is 6.42 Å². The Balaban J connectivity index is 4.11. The zero-order valence-electron chi connectivity index (χ0n) is 7.00. The fourth-order valence-corrected chi connectivity index (χ4v) is 0.777. The molecule has 4 nitrogen and oxygen atoms in total. The number of ether oxygens (including phenoxy) is 1. The predicted molar refractivity (Wildman–Crippen MR) is 38.4 cm³/mol. The number of halogens is 2. The van der Waals surface area contributed by atoms with Crippen molar-refractivity contribution in [3.8, 4) is 0 Å². The summed E-state index contributed by atoms with van der Waals surface area (Å²) in [6.45, 7) is 0. The van der Waals surface area contributed by atoms with Gasteiger partial charge in [-0.3, -0.25) is 9.59 Å². The van der Waals surface area contributed by atoms with E-state index >= 15 is 0 Å². The van der Waals surface area contributed by atoms with E-state index in [0.717, 1.165) is 7.11 Å². The Morgan fingerprint density at radius 2 is 1.92 bits per heavy atom. The van der Waals surface area contributed by atoms with E-state index in [4.69, 9.17) is 5.11 Å². The molecule has 0 aliphatic carbocycles. The van der Waals surface area contributed by atoms with Crippen LogP contribution in [0, 0.1) is 5.92 Å². The molecule has 0 fully saturated rings. The van der Waals surface area contributed by atoms with E-state index < -0.39 is 37.1 Å². The lowest BCUT2D eigenvalue weighted by atomic mass is 10.0. The first-order valence-electron chi connectivity index (χ1n) is 3.57. The number of rotatable bonds is 5. The van der Waals surface area contributed by atoms with Crippen molar-refractivity contribution in [2.75, 3.05) is 7.11 Å². The summed E-state index contributed by atoms with van der Waals surface area (Å²) in [6, 6.07) is 0. The highest BCUT2D eigenvalue weighted by Crippen LogP contribution is 2.13. The molecule has 0 rings (SSSR count). The van der Waals surface area contributed by atoms with Gasteiger partial charge in [-0.15, -0.1) is 0 Å². The van der Waals surface area contributed by atoms with Crippen LogP contribution in [0.1, 0.15) is 12.8 Å². The van der Waals surface area contributed by atoms with Gasteiger partial charge in [0.2, 0.25) is 6.43 Å². The van der Waals surface area contributed by atoms with Crippen molar-refractivity contribution >= 4 is 11.9 Å². The van der Waals surface area contributed by atoms with Gasteiger partial charge in [-0.25, -0.2) is 8.78 Å². The SMILES string of the molecule is COC(=O)C(CCC(F)F)C(=O)O. The highest BCUT2D eigenvalue weighted by Gasteiger charge is 2.27. The Kier molecular flexibility index (Phi) is 4.94. The number of aliphatic carboxylic acids is 1. The van der Waals surface area contributed by atoms with Gasteiger partial charge in [0.1, 0.15) is 0 Å². The molecule has 0 heterocycles. The number of carbonyl (C=O) groups excluding carboxylic acids is 1. The van der Waals surface area contributed by atoms with E-state index in [1.165, 1.54) is 0 Å². The third-order valence-corrected chi connectivity index (χ3v) is 1.46. The standard InChI is InChI=1S/C7H10F2O4/c1-13-7(12)4(6(10)11)2-3-5(8)9/h4-5H,2-3H2,1H3,(H,10,11). The lowest BCUT2D eigenvalue weighted by Crippen LogP contribution is -2.25. The average molecular weight is 196 g/mol. The quantitative estimate of drug-likeness (QED) is 0.524. The van der Waals surface area contributed by atoms with Gasteiger partial charge in [-0.2, -0.15) is 0 Å². The van der Waals surface area contributed by atoms with E-state index in [1.54, 1.807) is 0 Å². The number of carbonyl (C=O) groups is 2. The molecule has 0 spiro atoms. The summed E-state index contributed by atoms with van der Waals surface area (Å²) in [6.07, 6.45) is -3.63. The highest BCUT2D eigenvalue weighted by atomic mass is 19.3. The van der Waals surface area contributed by atoms with E-state index in [-0.39, 0.29) is 0 Å². The first-order valence-corrected chi connectivity index (χ1v) is 3.57. The van der Waals surface area contributed by atoms with Crippen molar-refractivity contribution in [2.45, 2.75) is 19.3 Å². The van der Waals surface area contributed by atoms with Gasteiger partial charge < -0.3 is 9.84 Å². The first kappa shape index (κ1) is 11.8. The molecule has 6 heteroatoms. The van der Waals surface area contributed by atoms with Crippen LogP contribution in [-0.2, 0) is 14.3 Å². The molecule has 0 saturated heterocycles. The van der Waals surface area contributed by atoms with Crippen LogP contribution in [0.25, 0.3) is 0 Å². The van der Waals surface area contributed by atoms with Gasteiger partial charge in [-0.1, -0.05) is 0 Å². The molecule has 0 aliphatic heterocycles. The molecule has 0 saturated carbocycles. The monoisotopic (exact) mass is 196 g/mol. The minimum absolute atomic E-state index is 0.403. The smallest absolute Gasteiger partial charge is 0.320 e. The molecular formula is C7H10F2O4. The van der Waals surface area contributed by atoms with E-state index in [0.29, 0.717) is 0 Å². The van der Waals surface area contributed by atoms with Crippen molar-refractivity contribution in [3.63, 3.8) is 0 Å². The first-order chi connectivity index (χ1) is 5.99. The maximum atomic E-state index is 11.7. The fraction of sp³-hybridized carbons (Fsp3) is 0.714. The summed E-state index contributed by atoms with van der Waals surface area (Å²) >= 11 is 0. The Morgan fingerprint density at radius 1 is 1.38 bits per heavy atom. The zero-order chi connectivity index (χ0) is 10.4. The van der Waals surface area contributed by atoms with Crippen LogP contribution >= 0.6 is 0 Å². The molecule has 0 aliphatic rings. The van der Waals surface area contributed by atoms with Gasteiger partial charge in [0.25, 0.3) is 0 Å². The van der Waals surface area contributed by atoms with Gasteiger partial charge in [0.15, 0.2) is 5.92 Å². The summed E-state index contributed by atoms with van der Waals surface area (Å²) < 4.78 is 27.5. The lowest BCUT2D eigenvalue weighted by molar-refractivity contribution is -0.157. The second kappa shape index (κ2) is 5.45. The van der Waals surface area contributed by atoms with Crippen LogP contribution in [0.4, 0.5) is 8.78 Å². The van der Waals surface area contributed by atoms with Crippen LogP contribution in [0.5, 0.6) is 0 Å². The number of esters is 1. The van der Waals surface area contributed by atoms with E-state index in [2.05, 4.69) is 4.74 Å². The van der Waals surface area contributed by atoms with Gasteiger partial charge >= 0.3 is 11.9 Å². The van der Waals surface area contributed by atoms with Gasteiger partial charge in [-0.05, 0) is 6.42 Å². The molecule has 0 bridgehead atoms. The van der Waals surface area contributed by atoms with Crippen molar-refractivity contribution in [1.82, 2.24) is 0 Å². The topological polar surface area (TPSA) is 63.6 Å². The third-order valence-electron chi connectivity index (χ3n) is 1.46. The number of carboxylic acid groups (broad SMARTS) is 1. The number of hydrogen-bond donors (Lipinski definition) is 1. The van der Waals surface area contributed by atoms with E-state index in [9.17, 15) is 18.4 Å². The van der Waals surface area contributed by atoms with Crippen LogP contribution in [-0.4, -0.2) is 30.6 Å². The minimum atomic E-state index is -2.61. The van der Waals surface area contributed by atoms with Crippen LogP contribution in [0.2, 0.25) is 0 Å². The molecule has 0 radical (unpaired) electrons. The summed E-state index contributed by atoms with van der Waals surface area (Å²) in [7, 11) is 1.01. The zero-order valence-corrected chi connectivity index (χ0v) is 7.00. The number of carboxylic acids is 1. The molecule has 1 N–H and O–H groups in total. The number of hydrogen-bond acceptors (Lipinski definition) is 3. The Bertz CT molecular complexity index is 193. The molecular weight excluding hydrogens is 186 g/mol. The highest BCUT2D eigenvalue weighted by molar-refractivity contribution is 5.93. The predicted octanol–water partition coefficient (Wildman–Crippen LogP) is 0.905. The molecule has 13 heavy (non-hydrogen) atoms. The Morgan fingerprint density at radius 3 is 2.23 bits per heavy atom. The van der Waals surface area contributed by atoms with Crippen molar-refractivity contribution in [3.05, 3.63) is 0 Å². The average Bonchev–Trinajstić information content (AvgIpc) is 2.03. The molecule has 1 atom stereocenters. The van der Waals surface area contributed by atoms with Crippen LogP contribution in [0.3, 0.4) is 0 Å². The largest absolute Gasteiger partial charge is 0.481 e. The van der Waals surface area contributed by atoms with Gasteiger partial charge in [0.05, 0.1) is 7.11 Å². The second-order valence-electron chi connectivity index (χ2n) is 2.38. The summed E-state index contributed by atoms with van der Waals surface area (Å²) in [5.41, 5.74) is 0. The number of methoxy groups -OCH3 is 1. The van der Waals surface area contributed by atoms with Crippen molar-refractivity contribution < 1.29 is 28.2 Å².